The zero-order valence-electron chi connectivity index (χ0n) is 9.27. The Balaban J connectivity index is 2.31. The summed E-state index contributed by atoms with van der Waals surface area (Å²) in [5, 5.41) is 0.723. The number of hydrogen-bond donors (Lipinski definition) is 0. The highest BCUT2D eigenvalue weighted by atomic mass is 79.9. The molecule has 2 nitrogen and oxygen atoms in total. The van der Waals surface area contributed by atoms with Gasteiger partial charge in [0.25, 0.3) is 0 Å². The van der Waals surface area contributed by atoms with E-state index in [2.05, 4.69) is 36.6 Å². The van der Waals surface area contributed by atoms with Crippen molar-refractivity contribution < 1.29 is 22.6 Å². The highest BCUT2D eigenvalue weighted by Crippen LogP contribution is 2.26. The third-order valence-electron chi connectivity index (χ3n) is 1.90. The van der Waals surface area contributed by atoms with Crippen LogP contribution in [0.3, 0.4) is 0 Å². The van der Waals surface area contributed by atoms with Crippen molar-refractivity contribution in [3.63, 3.8) is 0 Å². The van der Waals surface area contributed by atoms with Gasteiger partial charge in [-0.3, -0.25) is 0 Å². The molecule has 0 aliphatic carbocycles. The van der Waals surface area contributed by atoms with E-state index in [1.807, 2.05) is 12.1 Å². The van der Waals surface area contributed by atoms with E-state index in [9.17, 15) is 13.2 Å². The van der Waals surface area contributed by atoms with Crippen LogP contribution in [0.1, 0.15) is 5.56 Å². The molecular weight excluding hydrogens is 381 g/mol. The molecule has 0 atom stereocenters. The summed E-state index contributed by atoms with van der Waals surface area (Å²) in [4.78, 5) is 0. The molecule has 1 rings (SSSR count). The Morgan fingerprint density at radius 3 is 2.44 bits per heavy atom. The highest BCUT2D eigenvalue weighted by molar-refractivity contribution is 9.10. The summed E-state index contributed by atoms with van der Waals surface area (Å²) in [7, 11) is 0. The largest absolute Gasteiger partial charge is 0.490 e. The van der Waals surface area contributed by atoms with Gasteiger partial charge in [-0.25, -0.2) is 0 Å². The van der Waals surface area contributed by atoms with Crippen LogP contribution in [0.2, 0.25) is 0 Å². The predicted molar refractivity (Wildman–Crippen MR) is 69.1 cm³/mol. The maximum atomic E-state index is 11.8. The standard InChI is InChI=1S/C11H11Br2F3O2/c12-6-8-1-2-10(9(13)5-8)18-4-3-17-7-11(14,15)16/h1-2,5H,3-4,6-7H2. The molecule has 1 aromatic rings. The number of rotatable bonds is 6. The van der Waals surface area contributed by atoms with Crippen LogP contribution in [0.25, 0.3) is 0 Å². The van der Waals surface area contributed by atoms with Crippen molar-refractivity contribution in [3.8, 4) is 5.75 Å². The van der Waals surface area contributed by atoms with Gasteiger partial charge in [0.2, 0.25) is 0 Å². The number of benzene rings is 1. The van der Waals surface area contributed by atoms with E-state index in [1.165, 1.54) is 0 Å². The third-order valence-corrected chi connectivity index (χ3v) is 3.17. The van der Waals surface area contributed by atoms with E-state index < -0.39 is 12.8 Å². The van der Waals surface area contributed by atoms with Crippen LogP contribution in [-0.2, 0) is 10.1 Å². The quantitative estimate of drug-likeness (QED) is 0.531. The molecular formula is C11H11Br2F3O2. The minimum Gasteiger partial charge on any atom is -0.490 e. The molecule has 18 heavy (non-hydrogen) atoms. The van der Waals surface area contributed by atoms with E-state index in [-0.39, 0.29) is 13.2 Å². The molecule has 7 heteroatoms. The molecule has 0 bridgehead atoms. The van der Waals surface area contributed by atoms with Gasteiger partial charge in [0.1, 0.15) is 19.0 Å². The van der Waals surface area contributed by atoms with Gasteiger partial charge in [0.15, 0.2) is 0 Å². The van der Waals surface area contributed by atoms with Crippen molar-refractivity contribution >= 4 is 31.9 Å². The lowest BCUT2D eigenvalue weighted by Gasteiger charge is -2.10. The third kappa shape index (κ3) is 6.06. The van der Waals surface area contributed by atoms with E-state index in [0.29, 0.717) is 5.75 Å². The monoisotopic (exact) mass is 390 g/mol. The fourth-order valence-electron chi connectivity index (χ4n) is 1.14. The van der Waals surface area contributed by atoms with Crippen molar-refractivity contribution in [2.45, 2.75) is 11.5 Å². The lowest BCUT2D eigenvalue weighted by molar-refractivity contribution is -0.175. The van der Waals surface area contributed by atoms with E-state index >= 15 is 0 Å². The number of halogens is 5. The lowest BCUT2D eigenvalue weighted by Crippen LogP contribution is -2.19. The Hall–Kier alpha value is -0.270. The second-order valence-electron chi connectivity index (χ2n) is 3.41. The van der Waals surface area contributed by atoms with Crippen LogP contribution in [0.4, 0.5) is 13.2 Å². The van der Waals surface area contributed by atoms with Crippen LogP contribution >= 0.6 is 31.9 Å². The summed E-state index contributed by atoms with van der Waals surface area (Å²) in [5.41, 5.74) is 1.07. The van der Waals surface area contributed by atoms with E-state index in [1.54, 1.807) is 6.07 Å². The van der Waals surface area contributed by atoms with Gasteiger partial charge in [0, 0.05) is 5.33 Å². The fraction of sp³-hybridized carbons (Fsp3) is 0.455. The summed E-state index contributed by atoms with van der Waals surface area (Å²) in [5.74, 6) is 0.579. The summed E-state index contributed by atoms with van der Waals surface area (Å²) in [6.45, 7) is -1.28. The Labute approximate surface area is 120 Å². The number of hydrogen-bond acceptors (Lipinski definition) is 2. The van der Waals surface area contributed by atoms with E-state index in [0.717, 1.165) is 15.4 Å². The smallest absolute Gasteiger partial charge is 0.411 e. The molecule has 0 fully saturated rings. The Bertz CT molecular complexity index is 383. The second-order valence-corrected chi connectivity index (χ2v) is 4.83. The Morgan fingerprint density at radius 2 is 1.89 bits per heavy atom. The molecule has 0 amide bonds. The Morgan fingerprint density at radius 1 is 1.17 bits per heavy atom. The van der Waals surface area contributed by atoms with E-state index in [4.69, 9.17) is 4.74 Å². The van der Waals surface area contributed by atoms with Crippen molar-refractivity contribution in [1.29, 1.82) is 0 Å². The first-order chi connectivity index (χ1) is 8.42. The first-order valence-corrected chi connectivity index (χ1v) is 6.95. The normalized spacial score (nSPS) is 11.6. The first kappa shape index (κ1) is 15.8. The molecule has 0 heterocycles. The summed E-state index contributed by atoms with van der Waals surface area (Å²) in [6, 6.07) is 5.50. The van der Waals surface area contributed by atoms with Gasteiger partial charge in [-0.05, 0) is 33.6 Å². The van der Waals surface area contributed by atoms with Crippen molar-refractivity contribution in [1.82, 2.24) is 0 Å². The highest BCUT2D eigenvalue weighted by Gasteiger charge is 2.27. The maximum Gasteiger partial charge on any atom is 0.411 e. The van der Waals surface area contributed by atoms with Crippen LogP contribution in [0, 0.1) is 0 Å². The topological polar surface area (TPSA) is 18.5 Å². The minimum absolute atomic E-state index is 0.0718. The van der Waals surface area contributed by atoms with Crippen LogP contribution < -0.4 is 4.74 Å². The molecule has 0 unspecified atom stereocenters. The average molecular weight is 392 g/mol. The molecule has 0 spiro atoms. The molecule has 0 saturated carbocycles. The van der Waals surface area contributed by atoms with Crippen LogP contribution in [0.15, 0.2) is 22.7 Å². The summed E-state index contributed by atoms with van der Waals surface area (Å²) in [6.07, 6.45) is -4.29. The first-order valence-electron chi connectivity index (χ1n) is 5.04. The average Bonchev–Trinajstić information content (AvgIpc) is 2.29. The van der Waals surface area contributed by atoms with Gasteiger partial charge < -0.3 is 9.47 Å². The van der Waals surface area contributed by atoms with Crippen LogP contribution in [0.5, 0.6) is 5.75 Å². The summed E-state index contributed by atoms with van der Waals surface area (Å²) < 4.78 is 45.8. The molecule has 0 saturated heterocycles. The summed E-state index contributed by atoms with van der Waals surface area (Å²) >= 11 is 6.64. The van der Waals surface area contributed by atoms with Crippen molar-refractivity contribution in [2.75, 3.05) is 19.8 Å². The number of alkyl halides is 4. The van der Waals surface area contributed by atoms with Gasteiger partial charge in [-0.2, -0.15) is 13.2 Å². The molecule has 0 aliphatic heterocycles. The molecule has 0 aromatic heterocycles. The maximum absolute atomic E-state index is 11.8. The minimum atomic E-state index is -4.29. The van der Waals surface area contributed by atoms with Gasteiger partial charge in [-0.15, -0.1) is 0 Å². The fourth-order valence-corrected chi connectivity index (χ4v) is 2.03. The lowest BCUT2D eigenvalue weighted by atomic mass is 10.2. The second kappa shape index (κ2) is 7.35. The zero-order chi connectivity index (χ0) is 13.6. The predicted octanol–water partition coefficient (Wildman–Crippen LogP) is 4.30. The SMILES string of the molecule is FC(F)(F)COCCOc1ccc(CBr)cc1Br. The van der Waals surface area contributed by atoms with Gasteiger partial charge >= 0.3 is 6.18 Å². The molecule has 0 radical (unpaired) electrons. The van der Waals surface area contributed by atoms with Gasteiger partial charge in [-0.1, -0.05) is 22.0 Å². The van der Waals surface area contributed by atoms with Crippen molar-refractivity contribution in [2.24, 2.45) is 0 Å². The van der Waals surface area contributed by atoms with Crippen LogP contribution in [-0.4, -0.2) is 26.0 Å². The Kier molecular flexibility index (Phi) is 6.45. The molecule has 102 valence electrons. The van der Waals surface area contributed by atoms with Gasteiger partial charge in [0.05, 0.1) is 11.1 Å². The number of ether oxygens (including phenoxy) is 2. The molecule has 0 aliphatic rings. The molecule has 1 aromatic carbocycles. The molecule has 0 N–H and O–H groups in total. The van der Waals surface area contributed by atoms with Crippen molar-refractivity contribution in [3.05, 3.63) is 28.2 Å². The zero-order valence-corrected chi connectivity index (χ0v) is 12.4.